The van der Waals surface area contributed by atoms with E-state index >= 15 is 0 Å². The maximum atomic E-state index is 12.7. The Morgan fingerprint density at radius 3 is 2.96 bits per heavy atom. The molecule has 25 heavy (non-hydrogen) atoms. The van der Waals surface area contributed by atoms with Gasteiger partial charge in [-0.2, -0.15) is 0 Å². The van der Waals surface area contributed by atoms with Gasteiger partial charge < -0.3 is 14.7 Å². The van der Waals surface area contributed by atoms with Gasteiger partial charge in [-0.1, -0.05) is 12.1 Å². The van der Waals surface area contributed by atoms with Crippen LogP contribution in [0.4, 0.5) is 11.5 Å². The molecule has 1 fully saturated rings. The number of aryl methyl sites for hydroxylation is 2. The SMILES string of the molecule is CCc1onc(C)c1C(=O)N1CCC(Nc2ccc([N+](=O)[O-])cn2)C1. The molecule has 3 rings (SSSR count). The lowest BCUT2D eigenvalue weighted by atomic mass is 10.1. The van der Waals surface area contributed by atoms with Gasteiger partial charge >= 0.3 is 0 Å². The van der Waals surface area contributed by atoms with Gasteiger partial charge in [0.1, 0.15) is 23.3 Å². The van der Waals surface area contributed by atoms with Crippen LogP contribution in [0.1, 0.15) is 35.2 Å². The highest BCUT2D eigenvalue weighted by atomic mass is 16.6. The van der Waals surface area contributed by atoms with Gasteiger partial charge in [0, 0.05) is 31.6 Å². The van der Waals surface area contributed by atoms with Crippen molar-refractivity contribution < 1.29 is 14.2 Å². The molecule has 3 heterocycles. The van der Waals surface area contributed by atoms with Gasteiger partial charge in [0.05, 0.1) is 10.6 Å². The monoisotopic (exact) mass is 345 g/mol. The molecule has 1 amide bonds. The highest BCUT2D eigenvalue weighted by molar-refractivity contribution is 5.96. The van der Waals surface area contributed by atoms with Crippen LogP contribution >= 0.6 is 0 Å². The number of likely N-dealkylation sites (tertiary alicyclic amines) is 1. The van der Waals surface area contributed by atoms with Crippen molar-refractivity contribution >= 4 is 17.4 Å². The molecule has 1 aliphatic heterocycles. The van der Waals surface area contributed by atoms with Crippen LogP contribution in [-0.4, -0.2) is 45.0 Å². The second kappa shape index (κ2) is 6.88. The summed E-state index contributed by atoms with van der Waals surface area (Å²) in [5.41, 5.74) is 1.11. The summed E-state index contributed by atoms with van der Waals surface area (Å²) in [4.78, 5) is 28.7. The number of nitro groups is 1. The van der Waals surface area contributed by atoms with Crippen molar-refractivity contribution in [2.75, 3.05) is 18.4 Å². The number of amides is 1. The zero-order valence-electron chi connectivity index (χ0n) is 14.1. The second-order valence-corrected chi connectivity index (χ2v) is 5.96. The Balaban J connectivity index is 1.64. The summed E-state index contributed by atoms with van der Waals surface area (Å²) in [5.74, 6) is 1.09. The van der Waals surface area contributed by atoms with E-state index in [4.69, 9.17) is 4.52 Å². The fraction of sp³-hybridized carbons (Fsp3) is 0.438. The summed E-state index contributed by atoms with van der Waals surface area (Å²) in [6, 6.07) is 3.02. The van der Waals surface area contributed by atoms with Gasteiger partial charge in [0.15, 0.2) is 0 Å². The third-order valence-electron chi connectivity index (χ3n) is 4.25. The van der Waals surface area contributed by atoms with Crippen molar-refractivity contribution in [3.05, 3.63) is 45.5 Å². The Kier molecular flexibility index (Phi) is 4.64. The normalized spacial score (nSPS) is 16.9. The Morgan fingerprint density at radius 1 is 1.52 bits per heavy atom. The number of hydrogen-bond donors (Lipinski definition) is 1. The van der Waals surface area contributed by atoms with Crippen molar-refractivity contribution in [3.63, 3.8) is 0 Å². The first kappa shape index (κ1) is 16.9. The topological polar surface area (TPSA) is 114 Å². The standard InChI is InChI=1S/C16H19N5O4/c1-3-13-15(10(2)19-25-13)16(22)20-7-6-11(9-20)18-14-5-4-12(8-17-14)21(23)24/h4-5,8,11H,3,6-7,9H2,1-2H3,(H,17,18). The molecule has 1 N–H and O–H groups in total. The van der Waals surface area contributed by atoms with Gasteiger partial charge in [0.25, 0.3) is 11.6 Å². The average molecular weight is 345 g/mol. The maximum absolute atomic E-state index is 12.7. The predicted molar refractivity (Wildman–Crippen MR) is 89.4 cm³/mol. The summed E-state index contributed by atoms with van der Waals surface area (Å²) in [7, 11) is 0. The molecule has 1 aliphatic rings. The van der Waals surface area contributed by atoms with E-state index in [9.17, 15) is 14.9 Å². The largest absolute Gasteiger partial charge is 0.365 e. The highest BCUT2D eigenvalue weighted by Crippen LogP contribution is 2.22. The van der Waals surface area contributed by atoms with Crippen LogP contribution in [0.25, 0.3) is 0 Å². The number of anilines is 1. The van der Waals surface area contributed by atoms with Crippen LogP contribution in [0.2, 0.25) is 0 Å². The molecule has 9 nitrogen and oxygen atoms in total. The molecule has 2 aromatic heterocycles. The molecule has 0 aliphatic carbocycles. The molecule has 0 radical (unpaired) electrons. The van der Waals surface area contributed by atoms with Gasteiger partial charge in [-0.25, -0.2) is 4.98 Å². The molecule has 1 atom stereocenters. The smallest absolute Gasteiger partial charge is 0.287 e. The molecule has 9 heteroatoms. The minimum atomic E-state index is -0.487. The van der Waals surface area contributed by atoms with Crippen LogP contribution < -0.4 is 5.32 Å². The zero-order chi connectivity index (χ0) is 18.0. The number of aromatic nitrogens is 2. The fourth-order valence-corrected chi connectivity index (χ4v) is 2.94. The van der Waals surface area contributed by atoms with E-state index in [1.54, 1.807) is 17.9 Å². The van der Waals surface area contributed by atoms with Crippen LogP contribution in [-0.2, 0) is 6.42 Å². The van der Waals surface area contributed by atoms with Crippen molar-refractivity contribution in [1.29, 1.82) is 0 Å². The van der Waals surface area contributed by atoms with Crippen molar-refractivity contribution in [2.45, 2.75) is 32.7 Å². The number of nitrogens with zero attached hydrogens (tertiary/aromatic N) is 4. The predicted octanol–water partition coefficient (Wildman–Crippen LogP) is 2.18. The molecule has 132 valence electrons. The summed E-state index contributed by atoms with van der Waals surface area (Å²) in [5, 5.41) is 17.8. The van der Waals surface area contributed by atoms with Gasteiger partial charge in [-0.3, -0.25) is 14.9 Å². The van der Waals surface area contributed by atoms with E-state index in [0.29, 0.717) is 42.3 Å². The number of carbonyl (C=O) groups excluding carboxylic acids is 1. The lowest BCUT2D eigenvalue weighted by Gasteiger charge is -2.17. The summed E-state index contributed by atoms with van der Waals surface area (Å²) >= 11 is 0. The van der Waals surface area contributed by atoms with E-state index in [2.05, 4.69) is 15.5 Å². The average Bonchev–Trinajstić information content (AvgIpc) is 3.21. The molecular formula is C16H19N5O4. The molecule has 0 bridgehead atoms. The molecular weight excluding hydrogens is 326 g/mol. The third kappa shape index (κ3) is 3.44. The minimum absolute atomic E-state index is 0.0446. The van der Waals surface area contributed by atoms with Crippen molar-refractivity contribution in [1.82, 2.24) is 15.0 Å². The summed E-state index contributed by atoms with van der Waals surface area (Å²) in [6.45, 7) is 4.84. The Hall–Kier alpha value is -2.97. The Morgan fingerprint density at radius 2 is 2.32 bits per heavy atom. The number of hydrogen-bond acceptors (Lipinski definition) is 7. The van der Waals surface area contributed by atoms with Crippen LogP contribution in [0.5, 0.6) is 0 Å². The lowest BCUT2D eigenvalue weighted by Crippen LogP contribution is -2.32. The Bertz CT molecular complexity index is 786. The van der Waals surface area contributed by atoms with Crippen LogP contribution in [0, 0.1) is 17.0 Å². The summed E-state index contributed by atoms with van der Waals surface area (Å²) < 4.78 is 5.20. The lowest BCUT2D eigenvalue weighted by molar-refractivity contribution is -0.385. The quantitative estimate of drug-likeness (QED) is 0.652. The van der Waals surface area contributed by atoms with Gasteiger partial charge in [-0.15, -0.1) is 0 Å². The molecule has 1 saturated heterocycles. The number of pyridine rings is 1. The first-order valence-electron chi connectivity index (χ1n) is 8.11. The third-order valence-corrected chi connectivity index (χ3v) is 4.25. The van der Waals surface area contributed by atoms with E-state index in [1.807, 2.05) is 6.92 Å². The molecule has 0 spiro atoms. The number of carbonyl (C=O) groups is 1. The molecule has 1 unspecified atom stereocenters. The van der Waals surface area contributed by atoms with Crippen molar-refractivity contribution in [2.24, 2.45) is 0 Å². The first-order valence-corrected chi connectivity index (χ1v) is 8.11. The Labute approximate surface area is 144 Å². The van der Waals surface area contributed by atoms with Crippen LogP contribution in [0.15, 0.2) is 22.9 Å². The maximum Gasteiger partial charge on any atom is 0.287 e. The molecule has 0 aromatic carbocycles. The highest BCUT2D eigenvalue weighted by Gasteiger charge is 2.30. The van der Waals surface area contributed by atoms with Gasteiger partial charge in [-0.05, 0) is 19.4 Å². The van der Waals surface area contributed by atoms with Crippen molar-refractivity contribution in [3.8, 4) is 0 Å². The molecule has 0 saturated carbocycles. The number of nitrogens with one attached hydrogen (secondary N) is 1. The first-order chi connectivity index (χ1) is 12.0. The van der Waals surface area contributed by atoms with E-state index in [0.717, 1.165) is 6.42 Å². The summed E-state index contributed by atoms with van der Waals surface area (Å²) in [6.07, 6.45) is 2.61. The fourth-order valence-electron chi connectivity index (χ4n) is 2.94. The minimum Gasteiger partial charge on any atom is -0.365 e. The van der Waals surface area contributed by atoms with Crippen LogP contribution in [0.3, 0.4) is 0 Å². The molecule has 2 aromatic rings. The van der Waals surface area contributed by atoms with E-state index in [1.165, 1.54) is 12.3 Å². The van der Waals surface area contributed by atoms with E-state index < -0.39 is 4.92 Å². The number of rotatable bonds is 5. The van der Waals surface area contributed by atoms with E-state index in [-0.39, 0.29) is 17.6 Å². The zero-order valence-corrected chi connectivity index (χ0v) is 14.1. The van der Waals surface area contributed by atoms with Gasteiger partial charge in [0.2, 0.25) is 0 Å². The second-order valence-electron chi connectivity index (χ2n) is 5.96.